The fraction of sp³-hybridized carbons (Fsp3) is 0.650. The lowest BCUT2D eigenvalue weighted by Crippen LogP contribution is -2.46. The average molecular weight is 367 g/mol. The van der Waals surface area contributed by atoms with Crippen molar-refractivity contribution in [2.45, 2.75) is 59.4 Å². The Labute approximate surface area is 156 Å². The van der Waals surface area contributed by atoms with Crippen LogP contribution in [0.25, 0.3) is 0 Å². The number of carbonyl (C=O) groups is 1. The zero-order valence-corrected chi connectivity index (χ0v) is 16.6. The van der Waals surface area contributed by atoms with Crippen molar-refractivity contribution >= 4 is 5.97 Å². The number of benzene rings is 1. The van der Waals surface area contributed by atoms with Crippen molar-refractivity contribution in [3.05, 3.63) is 17.7 Å². The van der Waals surface area contributed by atoms with Gasteiger partial charge >= 0.3 is 5.97 Å². The molecule has 0 saturated carbocycles. The zero-order chi connectivity index (χ0) is 19.7. The van der Waals surface area contributed by atoms with E-state index in [0.29, 0.717) is 38.4 Å². The highest BCUT2D eigenvalue weighted by Gasteiger charge is 2.31. The molecule has 2 unspecified atom stereocenters. The maximum absolute atomic E-state index is 11.4. The Morgan fingerprint density at radius 3 is 1.96 bits per heavy atom. The molecule has 0 spiro atoms. The molecular weight excluding hydrogens is 334 g/mol. The molecule has 6 nitrogen and oxygen atoms in total. The summed E-state index contributed by atoms with van der Waals surface area (Å²) in [5.74, 6) is 1.24. The van der Waals surface area contributed by atoms with E-state index >= 15 is 0 Å². The van der Waals surface area contributed by atoms with Gasteiger partial charge in [0.2, 0.25) is 0 Å². The van der Waals surface area contributed by atoms with Gasteiger partial charge in [-0.05, 0) is 46.5 Å². The fourth-order valence-electron chi connectivity index (χ4n) is 2.95. The molecule has 2 atom stereocenters. The van der Waals surface area contributed by atoms with Crippen LogP contribution in [0.15, 0.2) is 12.1 Å². The van der Waals surface area contributed by atoms with Crippen molar-refractivity contribution < 1.29 is 24.1 Å². The van der Waals surface area contributed by atoms with Gasteiger partial charge in [-0.15, -0.1) is 0 Å². The molecule has 0 aliphatic heterocycles. The Morgan fingerprint density at radius 1 is 1.08 bits per heavy atom. The van der Waals surface area contributed by atoms with Crippen molar-refractivity contribution in [3.8, 4) is 17.2 Å². The quantitative estimate of drug-likeness (QED) is 0.586. The third kappa shape index (κ3) is 6.09. The summed E-state index contributed by atoms with van der Waals surface area (Å²) in [5, 5.41) is 9.33. The average Bonchev–Trinajstić information content (AvgIpc) is 2.57. The Hall–Kier alpha value is -1.95. The first-order valence-corrected chi connectivity index (χ1v) is 9.36. The van der Waals surface area contributed by atoms with Crippen LogP contribution in [0, 0.1) is 5.92 Å². The van der Waals surface area contributed by atoms with E-state index in [2.05, 4.69) is 0 Å². The van der Waals surface area contributed by atoms with Crippen LogP contribution in [-0.2, 0) is 11.2 Å². The molecule has 0 aliphatic rings. The van der Waals surface area contributed by atoms with E-state index in [1.807, 2.05) is 39.8 Å². The van der Waals surface area contributed by atoms with Gasteiger partial charge in [-0.1, -0.05) is 13.3 Å². The highest BCUT2D eigenvalue weighted by Crippen LogP contribution is 2.38. The molecule has 0 heterocycles. The number of ether oxygens (including phenoxy) is 3. The van der Waals surface area contributed by atoms with Gasteiger partial charge in [0.25, 0.3) is 0 Å². The van der Waals surface area contributed by atoms with E-state index in [9.17, 15) is 9.90 Å². The van der Waals surface area contributed by atoms with E-state index in [-0.39, 0.29) is 5.92 Å². The molecular formula is C20H33NO5. The van der Waals surface area contributed by atoms with E-state index in [1.54, 1.807) is 6.92 Å². The number of carboxylic acids is 1. The summed E-state index contributed by atoms with van der Waals surface area (Å²) in [6.07, 6.45) is 1.82. The molecule has 0 saturated heterocycles. The second kappa shape index (κ2) is 10.3. The predicted octanol–water partition coefficient (Wildman–Crippen LogP) is 3.64. The van der Waals surface area contributed by atoms with Crippen LogP contribution >= 0.6 is 0 Å². The van der Waals surface area contributed by atoms with Crippen LogP contribution in [0.3, 0.4) is 0 Å². The molecule has 0 radical (unpaired) electrons. The first kappa shape index (κ1) is 22.1. The van der Waals surface area contributed by atoms with E-state index in [0.717, 1.165) is 23.5 Å². The highest BCUT2D eigenvalue weighted by molar-refractivity contribution is 5.77. The first-order valence-electron chi connectivity index (χ1n) is 9.36. The molecule has 6 heteroatoms. The largest absolute Gasteiger partial charge is 0.494 e. The summed E-state index contributed by atoms with van der Waals surface area (Å²) in [4.78, 5) is 11.4. The lowest BCUT2D eigenvalue weighted by molar-refractivity contribution is -0.143. The van der Waals surface area contributed by atoms with Crippen LogP contribution in [0.4, 0.5) is 0 Å². The SMILES string of the molecule is CCOc1cc(OCC)c(CC(CC)CC(C)(N)C(=O)O)c(OCC)c1. The van der Waals surface area contributed by atoms with Crippen LogP contribution in [0.5, 0.6) is 17.2 Å². The molecule has 1 aromatic carbocycles. The minimum absolute atomic E-state index is 0.0949. The molecule has 0 amide bonds. The Balaban J connectivity index is 3.22. The van der Waals surface area contributed by atoms with Crippen LogP contribution < -0.4 is 19.9 Å². The fourth-order valence-corrected chi connectivity index (χ4v) is 2.95. The third-order valence-electron chi connectivity index (χ3n) is 4.32. The maximum atomic E-state index is 11.4. The minimum Gasteiger partial charge on any atom is -0.494 e. The van der Waals surface area contributed by atoms with Gasteiger partial charge < -0.3 is 25.1 Å². The van der Waals surface area contributed by atoms with Crippen LogP contribution in [-0.4, -0.2) is 36.4 Å². The molecule has 0 bridgehead atoms. The summed E-state index contributed by atoms with van der Waals surface area (Å²) in [6, 6.07) is 3.74. The number of aliphatic carboxylic acids is 1. The Bertz CT molecular complexity index is 559. The predicted molar refractivity (Wildman–Crippen MR) is 102 cm³/mol. The van der Waals surface area contributed by atoms with Crippen molar-refractivity contribution in [1.29, 1.82) is 0 Å². The molecule has 1 aromatic rings. The van der Waals surface area contributed by atoms with Gasteiger partial charge in [0.05, 0.1) is 19.8 Å². The molecule has 0 aliphatic carbocycles. The molecule has 148 valence electrons. The molecule has 3 N–H and O–H groups in total. The Morgan fingerprint density at radius 2 is 1.58 bits per heavy atom. The topological polar surface area (TPSA) is 91.0 Å². The zero-order valence-electron chi connectivity index (χ0n) is 16.6. The van der Waals surface area contributed by atoms with Crippen molar-refractivity contribution in [2.24, 2.45) is 11.7 Å². The van der Waals surface area contributed by atoms with Crippen molar-refractivity contribution in [2.75, 3.05) is 19.8 Å². The van der Waals surface area contributed by atoms with Crippen molar-refractivity contribution in [3.63, 3.8) is 0 Å². The smallest absolute Gasteiger partial charge is 0.323 e. The summed E-state index contributed by atoms with van der Waals surface area (Å²) >= 11 is 0. The molecule has 1 rings (SSSR count). The lowest BCUT2D eigenvalue weighted by Gasteiger charge is -2.27. The van der Waals surface area contributed by atoms with Gasteiger partial charge in [-0.3, -0.25) is 4.79 Å². The summed E-state index contributed by atoms with van der Waals surface area (Å²) in [5.41, 5.74) is 5.64. The van der Waals surface area contributed by atoms with Crippen LogP contribution in [0.2, 0.25) is 0 Å². The van der Waals surface area contributed by atoms with Gasteiger partial charge in [0.1, 0.15) is 22.8 Å². The van der Waals surface area contributed by atoms with Gasteiger partial charge in [0, 0.05) is 17.7 Å². The number of hydrogen-bond acceptors (Lipinski definition) is 5. The van der Waals surface area contributed by atoms with Crippen molar-refractivity contribution in [1.82, 2.24) is 0 Å². The summed E-state index contributed by atoms with van der Waals surface area (Å²) in [7, 11) is 0. The highest BCUT2D eigenvalue weighted by atomic mass is 16.5. The summed E-state index contributed by atoms with van der Waals surface area (Å²) in [6.45, 7) is 11.0. The summed E-state index contributed by atoms with van der Waals surface area (Å²) < 4.78 is 17.3. The second-order valence-corrected chi connectivity index (χ2v) is 6.60. The number of nitrogens with two attached hydrogens (primary N) is 1. The van der Waals surface area contributed by atoms with E-state index in [1.165, 1.54) is 0 Å². The number of rotatable bonds is 12. The third-order valence-corrected chi connectivity index (χ3v) is 4.32. The molecule has 26 heavy (non-hydrogen) atoms. The standard InChI is InChI=1S/C20H33NO5/c1-6-14(13-20(5,21)19(22)23)10-16-17(25-8-3)11-15(24-7-2)12-18(16)26-9-4/h11-12,14H,6-10,13,21H2,1-5H3,(H,22,23). The molecule has 0 fully saturated rings. The number of carboxylic acid groups (broad SMARTS) is 1. The Kier molecular flexibility index (Phi) is 8.72. The normalized spacial score (nSPS) is 14.4. The van der Waals surface area contributed by atoms with E-state index in [4.69, 9.17) is 19.9 Å². The lowest BCUT2D eigenvalue weighted by atomic mass is 9.84. The minimum atomic E-state index is -1.26. The van der Waals surface area contributed by atoms with Gasteiger partial charge in [-0.2, -0.15) is 0 Å². The van der Waals surface area contributed by atoms with Gasteiger partial charge in [0.15, 0.2) is 0 Å². The van der Waals surface area contributed by atoms with Crippen LogP contribution in [0.1, 0.15) is 53.0 Å². The first-order chi connectivity index (χ1) is 12.3. The number of hydrogen-bond donors (Lipinski definition) is 2. The molecule has 0 aromatic heterocycles. The monoisotopic (exact) mass is 367 g/mol. The second-order valence-electron chi connectivity index (χ2n) is 6.60. The maximum Gasteiger partial charge on any atom is 0.323 e. The van der Waals surface area contributed by atoms with E-state index < -0.39 is 11.5 Å². The van der Waals surface area contributed by atoms with Gasteiger partial charge in [-0.25, -0.2) is 0 Å².